The fourth-order valence-electron chi connectivity index (χ4n) is 3.44. The number of nitrogens with one attached hydrogen (secondary N) is 1. The quantitative estimate of drug-likeness (QED) is 0.625. The molecule has 0 aliphatic carbocycles. The smallest absolute Gasteiger partial charge is 0.257 e. The summed E-state index contributed by atoms with van der Waals surface area (Å²) in [7, 11) is 0. The zero-order valence-electron chi connectivity index (χ0n) is 16.3. The Hall–Kier alpha value is -3.13. The highest BCUT2D eigenvalue weighted by molar-refractivity contribution is 5.77. The first-order chi connectivity index (χ1) is 14.3. The van der Waals surface area contributed by atoms with E-state index in [9.17, 15) is 4.79 Å². The monoisotopic (exact) mass is 395 g/mol. The van der Waals surface area contributed by atoms with Crippen LogP contribution in [-0.4, -0.2) is 51.8 Å². The fraction of sp³-hybridized carbons (Fsp3) is 0.381. The van der Waals surface area contributed by atoms with E-state index in [4.69, 9.17) is 9.15 Å². The van der Waals surface area contributed by atoms with Gasteiger partial charge in [0.1, 0.15) is 17.4 Å². The summed E-state index contributed by atoms with van der Waals surface area (Å²) >= 11 is 0. The van der Waals surface area contributed by atoms with Gasteiger partial charge in [-0.25, -0.2) is 0 Å². The summed E-state index contributed by atoms with van der Waals surface area (Å²) in [4.78, 5) is 14.4. The maximum atomic E-state index is 12.0. The molecular formula is C21H25N5O3. The van der Waals surface area contributed by atoms with Gasteiger partial charge in [-0.05, 0) is 18.2 Å². The molecule has 1 aromatic carbocycles. The summed E-state index contributed by atoms with van der Waals surface area (Å²) in [5.74, 6) is 2.46. The van der Waals surface area contributed by atoms with Gasteiger partial charge in [0.15, 0.2) is 6.61 Å². The Morgan fingerprint density at radius 2 is 2.03 bits per heavy atom. The number of nitrogens with zero attached hydrogens (tertiary/aromatic N) is 4. The number of carbonyl (C=O) groups is 1. The molecule has 2 aromatic heterocycles. The van der Waals surface area contributed by atoms with Gasteiger partial charge in [-0.2, -0.15) is 0 Å². The molecule has 8 nitrogen and oxygen atoms in total. The van der Waals surface area contributed by atoms with E-state index in [2.05, 4.69) is 25.0 Å². The lowest BCUT2D eigenvalue weighted by molar-refractivity contribution is -0.123. The van der Waals surface area contributed by atoms with E-state index in [1.807, 2.05) is 36.4 Å². The Labute approximate surface area is 169 Å². The van der Waals surface area contributed by atoms with E-state index < -0.39 is 0 Å². The van der Waals surface area contributed by atoms with Crippen LogP contribution in [0.25, 0.3) is 0 Å². The predicted molar refractivity (Wildman–Crippen MR) is 106 cm³/mol. The molecule has 8 heteroatoms. The molecule has 3 aromatic rings. The van der Waals surface area contributed by atoms with Crippen LogP contribution in [0.2, 0.25) is 0 Å². The van der Waals surface area contributed by atoms with Crippen molar-refractivity contribution in [1.82, 2.24) is 25.0 Å². The van der Waals surface area contributed by atoms with Gasteiger partial charge < -0.3 is 19.0 Å². The van der Waals surface area contributed by atoms with Gasteiger partial charge in [-0.1, -0.05) is 18.2 Å². The number of aromatic nitrogens is 3. The minimum absolute atomic E-state index is 0.00489. The standard InChI is InChI=1S/C21H25N5O3/c27-21(16-29-18-4-2-1-3-5-18)22-9-6-19-23-24-20-7-10-25(11-12-26(19)20)14-17-8-13-28-15-17/h1-5,8,13,15H,6-7,9-12,14,16H2,(H,22,27). The second-order valence-electron chi connectivity index (χ2n) is 7.04. The highest BCUT2D eigenvalue weighted by atomic mass is 16.5. The summed E-state index contributed by atoms with van der Waals surface area (Å²) in [6.07, 6.45) is 5.01. The van der Waals surface area contributed by atoms with Gasteiger partial charge >= 0.3 is 0 Å². The summed E-state index contributed by atoms with van der Waals surface area (Å²) < 4.78 is 12.8. The van der Waals surface area contributed by atoms with Gasteiger partial charge in [0.05, 0.1) is 12.5 Å². The Kier molecular flexibility index (Phi) is 6.21. The van der Waals surface area contributed by atoms with Crippen LogP contribution in [0.5, 0.6) is 5.75 Å². The largest absolute Gasteiger partial charge is 0.484 e. The van der Waals surface area contributed by atoms with Crippen molar-refractivity contribution < 1.29 is 13.9 Å². The Morgan fingerprint density at radius 1 is 1.14 bits per heavy atom. The molecule has 1 amide bonds. The van der Waals surface area contributed by atoms with Crippen molar-refractivity contribution in [2.75, 3.05) is 26.2 Å². The SMILES string of the molecule is O=C(COc1ccccc1)NCCc1nnc2n1CCN(Cc1ccoc1)CC2. The minimum atomic E-state index is -0.143. The number of furan rings is 1. The van der Waals surface area contributed by atoms with Crippen LogP contribution in [0.3, 0.4) is 0 Å². The molecule has 0 radical (unpaired) electrons. The zero-order valence-corrected chi connectivity index (χ0v) is 16.3. The van der Waals surface area contributed by atoms with Crippen molar-refractivity contribution in [3.05, 3.63) is 66.1 Å². The van der Waals surface area contributed by atoms with Crippen molar-refractivity contribution in [2.45, 2.75) is 25.9 Å². The molecule has 0 atom stereocenters. The molecule has 0 saturated carbocycles. The summed E-state index contributed by atoms with van der Waals surface area (Å²) in [5.41, 5.74) is 1.18. The molecule has 3 heterocycles. The Morgan fingerprint density at radius 3 is 2.86 bits per heavy atom. The molecule has 0 fully saturated rings. The van der Waals surface area contributed by atoms with Crippen LogP contribution in [0.1, 0.15) is 17.2 Å². The Bertz CT molecular complexity index is 908. The van der Waals surface area contributed by atoms with Crippen molar-refractivity contribution in [1.29, 1.82) is 0 Å². The molecule has 0 unspecified atom stereocenters. The number of fused-ring (bicyclic) bond motifs is 1. The molecule has 29 heavy (non-hydrogen) atoms. The molecule has 1 N–H and O–H groups in total. The maximum absolute atomic E-state index is 12.0. The first-order valence-electron chi connectivity index (χ1n) is 9.87. The lowest BCUT2D eigenvalue weighted by Gasteiger charge is -2.18. The summed E-state index contributed by atoms with van der Waals surface area (Å²) in [6, 6.07) is 11.3. The molecule has 4 rings (SSSR count). The lowest BCUT2D eigenvalue weighted by Crippen LogP contribution is -2.31. The zero-order chi connectivity index (χ0) is 19.9. The van der Waals surface area contributed by atoms with Crippen LogP contribution in [0.4, 0.5) is 0 Å². The average Bonchev–Trinajstić information content (AvgIpc) is 3.34. The van der Waals surface area contributed by atoms with E-state index in [0.717, 1.165) is 44.2 Å². The van der Waals surface area contributed by atoms with E-state index in [0.29, 0.717) is 18.7 Å². The third-order valence-electron chi connectivity index (χ3n) is 4.97. The number of hydrogen-bond donors (Lipinski definition) is 1. The number of ether oxygens (including phenoxy) is 1. The highest BCUT2D eigenvalue weighted by Gasteiger charge is 2.19. The fourth-order valence-corrected chi connectivity index (χ4v) is 3.44. The van der Waals surface area contributed by atoms with Crippen LogP contribution < -0.4 is 10.1 Å². The van der Waals surface area contributed by atoms with E-state index in [1.54, 1.807) is 12.5 Å². The van der Waals surface area contributed by atoms with Gasteiger partial charge in [-0.3, -0.25) is 9.69 Å². The van der Waals surface area contributed by atoms with E-state index >= 15 is 0 Å². The molecule has 0 spiro atoms. The van der Waals surface area contributed by atoms with Crippen LogP contribution in [0, 0.1) is 0 Å². The van der Waals surface area contributed by atoms with Crippen LogP contribution in [-0.2, 0) is 30.7 Å². The third kappa shape index (κ3) is 5.23. The number of hydrogen-bond acceptors (Lipinski definition) is 6. The maximum Gasteiger partial charge on any atom is 0.257 e. The van der Waals surface area contributed by atoms with E-state index in [1.165, 1.54) is 5.56 Å². The average molecular weight is 395 g/mol. The van der Waals surface area contributed by atoms with Crippen molar-refractivity contribution in [3.8, 4) is 5.75 Å². The normalized spacial score (nSPS) is 14.2. The van der Waals surface area contributed by atoms with Crippen molar-refractivity contribution in [3.63, 3.8) is 0 Å². The van der Waals surface area contributed by atoms with Crippen molar-refractivity contribution in [2.24, 2.45) is 0 Å². The molecule has 1 aliphatic heterocycles. The van der Waals surface area contributed by atoms with Crippen molar-refractivity contribution >= 4 is 5.91 Å². The second kappa shape index (κ2) is 9.38. The third-order valence-corrected chi connectivity index (χ3v) is 4.97. The molecule has 0 bridgehead atoms. The number of amides is 1. The Balaban J connectivity index is 1.23. The first-order valence-corrected chi connectivity index (χ1v) is 9.87. The summed E-state index contributed by atoms with van der Waals surface area (Å²) in [5, 5.41) is 11.6. The lowest BCUT2D eigenvalue weighted by atomic mass is 10.3. The van der Waals surface area contributed by atoms with Gasteiger partial charge in [0.2, 0.25) is 0 Å². The van der Waals surface area contributed by atoms with Crippen LogP contribution >= 0.6 is 0 Å². The van der Waals surface area contributed by atoms with Gasteiger partial charge in [0, 0.05) is 51.1 Å². The number of para-hydroxylation sites is 1. The number of benzene rings is 1. The molecule has 0 saturated heterocycles. The topological polar surface area (TPSA) is 85.4 Å². The first kappa shape index (κ1) is 19.2. The minimum Gasteiger partial charge on any atom is -0.484 e. The number of rotatable bonds is 8. The highest BCUT2D eigenvalue weighted by Crippen LogP contribution is 2.13. The second-order valence-corrected chi connectivity index (χ2v) is 7.04. The van der Waals surface area contributed by atoms with E-state index in [-0.39, 0.29) is 12.5 Å². The predicted octanol–water partition coefficient (Wildman–Crippen LogP) is 1.67. The number of carbonyl (C=O) groups excluding carboxylic acids is 1. The van der Waals surface area contributed by atoms with Gasteiger partial charge in [0.25, 0.3) is 5.91 Å². The summed E-state index contributed by atoms with van der Waals surface area (Å²) in [6.45, 7) is 4.11. The van der Waals surface area contributed by atoms with Gasteiger partial charge in [-0.15, -0.1) is 10.2 Å². The molecule has 152 valence electrons. The molecule has 1 aliphatic rings. The molecular weight excluding hydrogens is 370 g/mol. The van der Waals surface area contributed by atoms with Crippen LogP contribution in [0.15, 0.2) is 53.3 Å².